The zero-order valence-electron chi connectivity index (χ0n) is 15.7. The quantitative estimate of drug-likeness (QED) is 0.586. The van der Waals surface area contributed by atoms with Crippen LogP contribution in [0.15, 0.2) is 17.1 Å². The van der Waals surface area contributed by atoms with Gasteiger partial charge in [0.1, 0.15) is 11.4 Å². The van der Waals surface area contributed by atoms with E-state index < -0.39 is 0 Å². The van der Waals surface area contributed by atoms with Crippen LogP contribution in [0.1, 0.15) is 30.3 Å². The fraction of sp³-hybridized carbons (Fsp3) is 0.500. The van der Waals surface area contributed by atoms with E-state index in [4.69, 9.17) is 16.2 Å². The number of nitrogen functional groups attached to an aromatic ring is 1. The van der Waals surface area contributed by atoms with Gasteiger partial charge in [-0.1, -0.05) is 0 Å². The van der Waals surface area contributed by atoms with Crippen LogP contribution in [-0.4, -0.2) is 54.8 Å². The number of aromatic nitrogens is 2. The molecule has 0 saturated carbocycles. The molecular formula is C18H26N6O3. The lowest BCUT2D eigenvalue weighted by Gasteiger charge is -2.40. The molecule has 0 aromatic carbocycles. The molecule has 146 valence electrons. The summed E-state index contributed by atoms with van der Waals surface area (Å²) in [6.45, 7) is 4.18. The normalized spacial score (nSPS) is 16.5. The highest BCUT2D eigenvalue weighted by atomic mass is 16.5. The van der Waals surface area contributed by atoms with Crippen molar-refractivity contribution in [1.82, 2.24) is 15.3 Å². The Bertz CT molecular complexity index is 902. The maximum Gasteiger partial charge on any atom is 0.273 e. The van der Waals surface area contributed by atoms with Crippen molar-refractivity contribution in [3.63, 3.8) is 0 Å². The fourth-order valence-corrected chi connectivity index (χ4v) is 3.34. The number of anilines is 2. The van der Waals surface area contributed by atoms with E-state index in [2.05, 4.69) is 27.1 Å². The first-order chi connectivity index (χ1) is 12.9. The summed E-state index contributed by atoms with van der Waals surface area (Å²) in [4.78, 5) is 33.5. The zero-order valence-corrected chi connectivity index (χ0v) is 15.7. The molecule has 1 aliphatic rings. The third kappa shape index (κ3) is 3.74. The van der Waals surface area contributed by atoms with Gasteiger partial charge in [0.15, 0.2) is 0 Å². The van der Waals surface area contributed by atoms with Gasteiger partial charge < -0.3 is 31.4 Å². The summed E-state index contributed by atoms with van der Waals surface area (Å²) >= 11 is 0. The molecule has 27 heavy (non-hydrogen) atoms. The van der Waals surface area contributed by atoms with Crippen LogP contribution in [0.2, 0.25) is 0 Å². The molecule has 0 atom stereocenters. The molecule has 0 unspecified atom stereocenters. The first-order valence-corrected chi connectivity index (χ1v) is 8.98. The molecule has 0 aliphatic carbocycles. The predicted molar refractivity (Wildman–Crippen MR) is 105 cm³/mol. The van der Waals surface area contributed by atoms with Gasteiger partial charge >= 0.3 is 0 Å². The summed E-state index contributed by atoms with van der Waals surface area (Å²) in [6, 6.07) is 1.66. The van der Waals surface area contributed by atoms with E-state index in [1.165, 1.54) is 6.20 Å². The molecular weight excluding hydrogens is 348 g/mol. The maximum atomic E-state index is 12.3. The summed E-state index contributed by atoms with van der Waals surface area (Å²) in [5.41, 5.74) is 12.6. The van der Waals surface area contributed by atoms with Gasteiger partial charge in [-0.3, -0.25) is 9.59 Å². The number of rotatable bonds is 5. The van der Waals surface area contributed by atoms with E-state index in [9.17, 15) is 9.59 Å². The van der Waals surface area contributed by atoms with Gasteiger partial charge in [-0.05, 0) is 25.8 Å². The van der Waals surface area contributed by atoms with Crippen molar-refractivity contribution in [2.75, 3.05) is 43.9 Å². The Morgan fingerprint density at radius 2 is 2.15 bits per heavy atom. The summed E-state index contributed by atoms with van der Waals surface area (Å²) in [7, 11) is 1.71. The van der Waals surface area contributed by atoms with Crippen molar-refractivity contribution in [1.29, 1.82) is 0 Å². The second-order valence-electron chi connectivity index (χ2n) is 7.02. The summed E-state index contributed by atoms with van der Waals surface area (Å²) in [5.74, 6) is -0.316. The third-order valence-corrected chi connectivity index (χ3v) is 5.20. The number of nitrogens with one attached hydrogen (secondary N) is 2. The Balaban J connectivity index is 2.03. The van der Waals surface area contributed by atoms with E-state index in [1.54, 1.807) is 13.2 Å². The Hall–Kier alpha value is -2.65. The molecule has 2 aromatic rings. The number of nitrogens with zero attached hydrogens (tertiary/aromatic N) is 2. The van der Waals surface area contributed by atoms with E-state index in [0.29, 0.717) is 42.8 Å². The summed E-state index contributed by atoms with van der Waals surface area (Å²) < 4.78 is 5.59. The van der Waals surface area contributed by atoms with Crippen LogP contribution in [0.3, 0.4) is 0 Å². The Labute approximate surface area is 157 Å². The van der Waals surface area contributed by atoms with Gasteiger partial charge in [-0.2, -0.15) is 0 Å². The van der Waals surface area contributed by atoms with Gasteiger partial charge in [0, 0.05) is 38.7 Å². The average Bonchev–Trinajstić information content (AvgIpc) is 2.68. The molecule has 9 heteroatoms. The number of ether oxygens (including phenoxy) is 1. The van der Waals surface area contributed by atoms with Gasteiger partial charge in [-0.15, -0.1) is 0 Å². The minimum Gasteiger partial charge on any atom is -0.393 e. The molecule has 9 nitrogen and oxygen atoms in total. The number of amides is 1. The molecule has 0 bridgehead atoms. The number of methoxy groups -OCH3 is 1. The maximum absolute atomic E-state index is 12.3. The number of carbonyl (C=O) groups is 1. The summed E-state index contributed by atoms with van der Waals surface area (Å²) in [5, 5.41) is 3.39. The van der Waals surface area contributed by atoms with Gasteiger partial charge in [0.25, 0.3) is 11.5 Å². The number of carbonyl (C=O) groups excluding carboxylic acids is 1. The van der Waals surface area contributed by atoms with E-state index in [0.717, 1.165) is 12.8 Å². The van der Waals surface area contributed by atoms with Crippen LogP contribution < -0.4 is 27.2 Å². The van der Waals surface area contributed by atoms with Crippen LogP contribution in [0, 0.1) is 0 Å². The predicted octanol–water partition coefficient (Wildman–Crippen LogP) is 0.199. The van der Waals surface area contributed by atoms with Crippen molar-refractivity contribution >= 4 is 28.2 Å². The lowest BCUT2D eigenvalue weighted by atomic mass is 9.92. The van der Waals surface area contributed by atoms with Gasteiger partial charge in [-0.25, -0.2) is 4.98 Å². The standard InChI is InChI=1S/C18H26N6O3/c1-18(27-2)3-7-24(8-4-18)15-11-9-12(16(25)21-6-5-19)22-10-13(11)23-17(26)14(15)20/h9-10H,3-8,19-20H2,1-2H3,(H,21,25)(H,23,26). The lowest BCUT2D eigenvalue weighted by molar-refractivity contribution is -0.0132. The average molecular weight is 374 g/mol. The number of hydrogen-bond donors (Lipinski definition) is 4. The third-order valence-electron chi connectivity index (χ3n) is 5.20. The first-order valence-electron chi connectivity index (χ1n) is 8.98. The zero-order chi connectivity index (χ0) is 19.6. The Kier molecular flexibility index (Phi) is 5.33. The molecule has 1 saturated heterocycles. The van der Waals surface area contributed by atoms with E-state index in [1.807, 2.05) is 0 Å². The number of aromatic amines is 1. The topological polar surface area (TPSA) is 139 Å². The molecule has 1 fully saturated rings. The van der Waals surface area contributed by atoms with Crippen molar-refractivity contribution in [3.8, 4) is 0 Å². The van der Waals surface area contributed by atoms with Crippen molar-refractivity contribution in [2.45, 2.75) is 25.4 Å². The Morgan fingerprint density at radius 1 is 1.44 bits per heavy atom. The molecule has 2 aromatic heterocycles. The highest BCUT2D eigenvalue weighted by Crippen LogP contribution is 2.34. The van der Waals surface area contributed by atoms with Crippen LogP contribution in [-0.2, 0) is 4.74 Å². The molecule has 3 heterocycles. The molecule has 1 aliphatic heterocycles. The minimum atomic E-state index is -0.361. The smallest absolute Gasteiger partial charge is 0.273 e. The minimum absolute atomic E-state index is 0.142. The summed E-state index contributed by atoms with van der Waals surface area (Å²) in [6.07, 6.45) is 3.11. The molecule has 6 N–H and O–H groups in total. The van der Waals surface area contributed by atoms with Gasteiger partial charge in [0.2, 0.25) is 0 Å². The highest BCUT2D eigenvalue weighted by Gasteiger charge is 2.31. The van der Waals surface area contributed by atoms with Crippen LogP contribution >= 0.6 is 0 Å². The van der Waals surface area contributed by atoms with Crippen molar-refractivity contribution < 1.29 is 9.53 Å². The number of nitrogens with two attached hydrogens (primary N) is 2. The largest absolute Gasteiger partial charge is 0.393 e. The van der Waals surface area contributed by atoms with E-state index in [-0.39, 0.29) is 28.4 Å². The molecule has 0 spiro atoms. The number of H-pyrrole nitrogens is 1. The van der Waals surface area contributed by atoms with Gasteiger partial charge in [0.05, 0.1) is 23.0 Å². The van der Waals surface area contributed by atoms with Crippen molar-refractivity contribution in [3.05, 3.63) is 28.3 Å². The SMILES string of the molecule is COC1(C)CCN(c2c(N)c(=O)[nH]c3cnc(C(=O)NCCN)cc23)CC1. The fourth-order valence-electron chi connectivity index (χ4n) is 3.34. The number of pyridine rings is 2. The number of fused-ring (bicyclic) bond motifs is 1. The molecule has 3 rings (SSSR count). The van der Waals surface area contributed by atoms with Crippen LogP contribution in [0.5, 0.6) is 0 Å². The molecule has 1 amide bonds. The second kappa shape index (κ2) is 7.53. The first kappa shape index (κ1) is 19.1. The number of hydrogen-bond acceptors (Lipinski definition) is 7. The van der Waals surface area contributed by atoms with Crippen LogP contribution in [0.25, 0.3) is 10.9 Å². The second-order valence-corrected chi connectivity index (χ2v) is 7.02. The molecule has 0 radical (unpaired) electrons. The highest BCUT2D eigenvalue weighted by molar-refractivity contribution is 6.02. The monoisotopic (exact) mass is 374 g/mol. The lowest BCUT2D eigenvalue weighted by Crippen LogP contribution is -2.44. The number of piperidine rings is 1. The van der Waals surface area contributed by atoms with E-state index >= 15 is 0 Å². The van der Waals surface area contributed by atoms with Crippen LogP contribution in [0.4, 0.5) is 11.4 Å². The Morgan fingerprint density at radius 3 is 2.78 bits per heavy atom. The van der Waals surface area contributed by atoms with Crippen molar-refractivity contribution in [2.24, 2.45) is 5.73 Å².